The molecule has 1 saturated heterocycles. The molecule has 2 aromatic heterocycles. The Kier molecular flexibility index (Phi) is 4.80. The van der Waals surface area contributed by atoms with Crippen LogP contribution in [0.25, 0.3) is 10.9 Å². The molecule has 2 aliphatic rings. The van der Waals surface area contributed by atoms with Crippen molar-refractivity contribution in [3.05, 3.63) is 52.9 Å². The van der Waals surface area contributed by atoms with Crippen LogP contribution in [0.1, 0.15) is 47.4 Å². The van der Waals surface area contributed by atoms with Crippen LogP contribution in [0, 0.1) is 18.3 Å². The van der Waals surface area contributed by atoms with Crippen molar-refractivity contribution in [1.29, 1.82) is 5.26 Å². The third kappa shape index (κ3) is 3.17. The molecule has 1 aromatic carbocycles. The van der Waals surface area contributed by atoms with Gasteiger partial charge in [0.15, 0.2) is 5.89 Å². The second-order valence-electron chi connectivity index (χ2n) is 8.05. The van der Waals surface area contributed by atoms with E-state index in [2.05, 4.69) is 6.07 Å². The molecule has 30 heavy (non-hydrogen) atoms. The van der Waals surface area contributed by atoms with E-state index in [1.54, 1.807) is 0 Å². The van der Waals surface area contributed by atoms with Crippen LogP contribution in [-0.4, -0.2) is 40.1 Å². The first-order valence-electron chi connectivity index (χ1n) is 10.5. The van der Waals surface area contributed by atoms with Crippen LogP contribution >= 0.6 is 0 Å². The van der Waals surface area contributed by atoms with Gasteiger partial charge < -0.3 is 18.6 Å². The van der Waals surface area contributed by atoms with Crippen LogP contribution in [0.2, 0.25) is 0 Å². The van der Waals surface area contributed by atoms with Crippen LogP contribution in [0.15, 0.2) is 28.7 Å². The van der Waals surface area contributed by atoms with Gasteiger partial charge in [-0.25, -0.2) is 4.98 Å². The summed E-state index contributed by atoms with van der Waals surface area (Å²) in [5.41, 5.74) is 3.26. The van der Waals surface area contributed by atoms with Crippen molar-refractivity contribution in [3.8, 4) is 6.07 Å². The fourth-order valence-corrected chi connectivity index (χ4v) is 4.56. The lowest BCUT2D eigenvalue weighted by atomic mass is 10.0. The molecule has 5 rings (SSSR count). The van der Waals surface area contributed by atoms with E-state index >= 15 is 0 Å². The number of hydrogen-bond acceptors (Lipinski definition) is 5. The highest BCUT2D eigenvalue weighted by Crippen LogP contribution is 2.30. The molecule has 1 fully saturated rings. The summed E-state index contributed by atoms with van der Waals surface area (Å²) in [5, 5.41) is 10.4. The number of nitrogens with zero attached hydrogens (tertiary/aromatic N) is 4. The van der Waals surface area contributed by atoms with E-state index in [4.69, 9.17) is 14.1 Å². The Morgan fingerprint density at radius 3 is 2.90 bits per heavy atom. The summed E-state index contributed by atoms with van der Waals surface area (Å²) in [7, 11) is 0. The maximum absolute atomic E-state index is 13.1. The van der Waals surface area contributed by atoms with Gasteiger partial charge in [-0.15, -0.1) is 0 Å². The van der Waals surface area contributed by atoms with Gasteiger partial charge in [0, 0.05) is 43.2 Å². The molecule has 0 spiro atoms. The number of ether oxygens (including phenoxy) is 1. The molecule has 7 nitrogen and oxygen atoms in total. The van der Waals surface area contributed by atoms with E-state index in [-0.39, 0.29) is 12.5 Å². The van der Waals surface area contributed by atoms with Gasteiger partial charge in [0.25, 0.3) is 0 Å². The Hall–Kier alpha value is -3.11. The average Bonchev–Trinajstić information content (AvgIpc) is 3.33. The van der Waals surface area contributed by atoms with Crippen molar-refractivity contribution in [2.24, 2.45) is 0 Å². The number of rotatable bonds is 3. The van der Waals surface area contributed by atoms with Crippen molar-refractivity contribution in [2.45, 2.75) is 45.2 Å². The van der Waals surface area contributed by atoms with Crippen molar-refractivity contribution in [2.75, 3.05) is 19.8 Å². The van der Waals surface area contributed by atoms with Gasteiger partial charge in [-0.05, 0) is 25.8 Å². The molecular formula is C23H24N4O3. The number of nitriles is 1. The highest BCUT2D eigenvalue weighted by atomic mass is 16.5. The molecule has 0 aliphatic carbocycles. The molecule has 1 amide bonds. The van der Waals surface area contributed by atoms with Crippen molar-refractivity contribution < 1.29 is 13.9 Å². The van der Waals surface area contributed by atoms with E-state index < -0.39 is 0 Å². The van der Waals surface area contributed by atoms with Crippen molar-refractivity contribution in [1.82, 2.24) is 14.5 Å². The lowest BCUT2D eigenvalue weighted by molar-refractivity contribution is -0.132. The molecule has 3 aromatic rings. The van der Waals surface area contributed by atoms with Crippen LogP contribution in [0.4, 0.5) is 0 Å². The predicted octanol–water partition coefficient (Wildman–Crippen LogP) is 3.29. The van der Waals surface area contributed by atoms with Gasteiger partial charge >= 0.3 is 0 Å². The lowest BCUT2D eigenvalue weighted by Crippen LogP contribution is -2.38. The second kappa shape index (κ2) is 7.62. The Bertz CT molecular complexity index is 1150. The Labute approximate surface area is 174 Å². The van der Waals surface area contributed by atoms with Crippen LogP contribution in [-0.2, 0) is 29.0 Å². The first-order valence-corrected chi connectivity index (χ1v) is 10.5. The van der Waals surface area contributed by atoms with E-state index in [0.717, 1.165) is 60.0 Å². The highest BCUT2D eigenvalue weighted by Gasteiger charge is 2.29. The van der Waals surface area contributed by atoms with E-state index in [9.17, 15) is 10.1 Å². The SMILES string of the molecule is Cc1c(C#N)c2ccccc2n1CC(=O)N1CCc2oc(C3CCOCC3)nc2C1. The fourth-order valence-electron chi connectivity index (χ4n) is 4.56. The minimum Gasteiger partial charge on any atom is -0.445 e. The molecule has 0 atom stereocenters. The van der Waals surface area contributed by atoms with Crippen molar-refractivity contribution in [3.63, 3.8) is 0 Å². The maximum Gasteiger partial charge on any atom is 0.242 e. The minimum absolute atomic E-state index is 0.0320. The quantitative estimate of drug-likeness (QED) is 0.669. The van der Waals surface area contributed by atoms with Gasteiger partial charge in [0.2, 0.25) is 5.91 Å². The lowest BCUT2D eigenvalue weighted by Gasteiger charge is -2.26. The third-order valence-electron chi connectivity index (χ3n) is 6.30. The molecule has 0 bridgehead atoms. The molecule has 4 heterocycles. The zero-order valence-corrected chi connectivity index (χ0v) is 17.1. The predicted molar refractivity (Wildman–Crippen MR) is 110 cm³/mol. The Balaban J connectivity index is 1.35. The third-order valence-corrected chi connectivity index (χ3v) is 6.30. The number of amides is 1. The summed E-state index contributed by atoms with van der Waals surface area (Å²) in [6.07, 6.45) is 2.55. The number of benzene rings is 1. The van der Waals surface area contributed by atoms with E-state index in [1.165, 1.54) is 0 Å². The zero-order chi connectivity index (χ0) is 20.7. The number of carbonyl (C=O) groups is 1. The van der Waals surface area contributed by atoms with E-state index in [1.807, 2.05) is 40.7 Å². The summed E-state index contributed by atoms with van der Waals surface area (Å²) in [6, 6.07) is 10.0. The fraction of sp³-hybridized carbons (Fsp3) is 0.435. The molecule has 0 unspecified atom stereocenters. The number of hydrogen-bond donors (Lipinski definition) is 0. The van der Waals surface area contributed by atoms with Crippen LogP contribution in [0.5, 0.6) is 0 Å². The largest absolute Gasteiger partial charge is 0.445 e. The van der Waals surface area contributed by atoms with Gasteiger partial charge in [0.05, 0.1) is 17.6 Å². The number of carbonyl (C=O) groups excluding carboxylic acids is 1. The topological polar surface area (TPSA) is 84.3 Å². The summed E-state index contributed by atoms with van der Waals surface area (Å²) >= 11 is 0. The number of aromatic nitrogens is 2. The molecule has 0 radical (unpaired) electrons. The first kappa shape index (κ1) is 18.9. The molecule has 0 N–H and O–H groups in total. The summed E-state index contributed by atoms with van der Waals surface area (Å²) < 4.78 is 13.4. The van der Waals surface area contributed by atoms with Crippen LogP contribution in [0.3, 0.4) is 0 Å². The van der Waals surface area contributed by atoms with Gasteiger partial charge in [-0.2, -0.15) is 5.26 Å². The van der Waals surface area contributed by atoms with Crippen LogP contribution < -0.4 is 0 Å². The monoisotopic (exact) mass is 404 g/mol. The van der Waals surface area contributed by atoms with Gasteiger partial charge in [-0.1, -0.05) is 18.2 Å². The second-order valence-corrected chi connectivity index (χ2v) is 8.05. The molecule has 7 heteroatoms. The summed E-state index contributed by atoms with van der Waals surface area (Å²) in [4.78, 5) is 19.7. The Morgan fingerprint density at radius 2 is 2.10 bits per heavy atom. The summed E-state index contributed by atoms with van der Waals surface area (Å²) in [6.45, 7) is 4.71. The molecular weight excluding hydrogens is 380 g/mol. The first-order chi connectivity index (χ1) is 14.7. The maximum atomic E-state index is 13.1. The molecule has 0 saturated carbocycles. The smallest absolute Gasteiger partial charge is 0.242 e. The molecule has 2 aliphatic heterocycles. The van der Waals surface area contributed by atoms with Crippen molar-refractivity contribution >= 4 is 16.8 Å². The van der Waals surface area contributed by atoms with Gasteiger partial charge in [0.1, 0.15) is 24.1 Å². The number of para-hydroxylation sites is 1. The minimum atomic E-state index is 0.0320. The normalized spacial score (nSPS) is 17.1. The van der Waals surface area contributed by atoms with E-state index in [0.29, 0.717) is 31.0 Å². The standard InChI is InChI=1S/C23H24N4O3/c1-15-18(12-24)17-4-2-3-5-20(17)27(15)14-22(28)26-9-6-21-19(13-26)25-23(30-21)16-7-10-29-11-8-16/h2-5,16H,6-11,13-14H2,1H3. The highest BCUT2D eigenvalue weighted by molar-refractivity contribution is 5.89. The average molecular weight is 404 g/mol. The summed E-state index contributed by atoms with van der Waals surface area (Å²) in [5.74, 6) is 2.05. The molecule has 154 valence electrons. The number of fused-ring (bicyclic) bond motifs is 2. The number of oxazole rings is 1. The Morgan fingerprint density at radius 1 is 1.30 bits per heavy atom. The zero-order valence-electron chi connectivity index (χ0n) is 17.1. The van der Waals surface area contributed by atoms with Gasteiger partial charge in [-0.3, -0.25) is 4.79 Å².